The van der Waals surface area contributed by atoms with Crippen molar-refractivity contribution in [1.29, 1.82) is 0 Å². The predicted octanol–water partition coefficient (Wildman–Crippen LogP) is 3.00. The number of nitrogens with zero attached hydrogens (tertiary/aromatic N) is 1. The van der Waals surface area contributed by atoms with Gasteiger partial charge in [0.2, 0.25) is 5.91 Å². The first-order valence-electron chi connectivity index (χ1n) is 7.57. The minimum absolute atomic E-state index is 0.142. The van der Waals surface area contributed by atoms with E-state index in [1.54, 1.807) is 0 Å². The number of hydrogen-bond acceptors (Lipinski definition) is 3. The molecule has 3 N–H and O–H groups in total. The first kappa shape index (κ1) is 15.8. The van der Waals surface area contributed by atoms with Crippen molar-refractivity contribution in [2.45, 2.75) is 51.1 Å². The summed E-state index contributed by atoms with van der Waals surface area (Å²) in [4.78, 5) is 14.4. The van der Waals surface area contributed by atoms with Gasteiger partial charge in [0.1, 0.15) is 5.82 Å². The summed E-state index contributed by atoms with van der Waals surface area (Å²) in [5.41, 5.74) is 6.20. The fourth-order valence-corrected chi connectivity index (χ4v) is 2.87. The average Bonchev–Trinajstić information content (AvgIpc) is 2.50. The summed E-state index contributed by atoms with van der Waals surface area (Å²) in [6, 6.07) is 4.32. The van der Waals surface area contributed by atoms with Crippen LogP contribution >= 0.6 is 0 Å². The number of nitrogens with one attached hydrogen (secondary N) is 1. The Balaban J connectivity index is 1.99. The largest absolute Gasteiger partial charge is 0.399 e. The molecule has 1 aliphatic carbocycles. The van der Waals surface area contributed by atoms with Crippen molar-refractivity contribution in [3.05, 3.63) is 24.0 Å². The van der Waals surface area contributed by atoms with Crippen LogP contribution in [0.2, 0.25) is 0 Å². The highest BCUT2D eigenvalue weighted by Gasteiger charge is 2.26. The molecule has 2 rings (SSSR count). The standard InChI is InChI=1S/C16H24FN3O/c1-11(20(2)13-6-4-3-5-7-13)16(21)19-15-10-12(18)8-9-14(15)17/h8-11,13H,3-7,18H2,1-2H3,(H,19,21). The highest BCUT2D eigenvalue weighted by molar-refractivity contribution is 5.95. The normalized spacial score (nSPS) is 17.7. The fourth-order valence-electron chi connectivity index (χ4n) is 2.87. The molecule has 0 spiro atoms. The van der Waals surface area contributed by atoms with Gasteiger partial charge in [-0.1, -0.05) is 19.3 Å². The quantitative estimate of drug-likeness (QED) is 0.839. The van der Waals surface area contributed by atoms with Crippen LogP contribution in [0.3, 0.4) is 0 Å². The molecule has 5 heteroatoms. The third-order valence-electron chi connectivity index (χ3n) is 4.39. The summed E-state index contributed by atoms with van der Waals surface area (Å²) in [6.45, 7) is 1.86. The predicted molar refractivity (Wildman–Crippen MR) is 83.5 cm³/mol. The second kappa shape index (κ2) is 6.89. The van der Waals surface area contributed by atoms with Crippen LogP contribution in [0.15, 0.2) is 18.2 Å². The summed E-state index contributed by atoms with van der Waals surface area (Å²) in [5.74, 6) is -0.669. The number of nitrogens with two attached hydrogens (primary N) is 1. The van der Waals surface area contributed by atoms with Crippen molar-refractivity contribution >= 4 is 17.3 Å². The van der Waals surface area contributed by atoms with Crippen molar-refractivity contribution in [3.63, 3.8) is 0 Å². The maximum atomic E-state index is 13.7. The summed E-state index contributed by atoms with van der Waals surface area (Å²) in [5, 5.41) is 2.64. The monoisotopic (exact) mass is 293 g/mol. The van der Waals surface area contributed by atoms with Crippen LogP contribution in [0.1, 0.15) is 39.0 Å². The number of likely N-dealkylation sites (N-methyl/N-ethyl adjacent to an activating group) is 1. The number of carbonyl (C=O) groups is 1. The zero-order valence-corrected chi connectivity index (χ0v) is 12.7. The van der Waals surface area contributed by atoms with Crippen LogP contribution in [0.4, 0.5) is 15.8 Å². The Morgan fingerprint density at radius 1 is 1.38 bits per heavy atom. The molecule has 1 amide bonds. The molecule has 0 aliphatic heterocycles. The van der Waals surface area contributed by atoms with Gasteiger partial charge in [0, 0.05) is 11.7 Å². The van der Waals surface area contributed by atoms with Gasteiger partial charge in [0.25, 0.3) is 0 Å². The van der Waals surface area contributed by atoms with E-state index in [9.17, 15) is 9.18 Å². The smallest absolute Gasteiger partial charge is 0.241 e. The average molecular weight is 293 g/mol. The molecule has 1 atom stereocenters. The molecule has 1 aromatic rings. The molecule has 0 saturated heterocycles. The molecular weight excluding hydrogens is 269 g/mol. The van der Waals surface area contributed by atoms with Gasteiger partial charge in [0.15, 0.2) is 0 Å². The first-order chi connectivity index (χ1) is 9.99. The van der Waals surface area contributed by atoms with E-state index in [0.29, 0.717) is 11.7 Å². The lowest BCUT2D eigenvalue weighted by Gasteiger charge is -2.34. The number of amides is 1. The van der Waals surface area contributed by atoms with Gasteiger partial charge in [-0.3, -0.25) is 9.69 Å². The van der Waals surface area contributed by atoms with E-state index in [1.165, 1.54) is 37.5 Å². The molecule has 0 heterocycles. The molecular formula is C16H24FN3O. The van der Waals surface area contributed by atoms with Crippen LogP contribution in [0.25, 0.3) is 0 Å². The lowest BCUT2D eigenvalue weighted by Crippen LogP contribution is -2.46. The number of nitrogen functional groups attached to an aromatic ring is 1. The number of halogens is 1. The summed E-state index contributed by atoms with van der Waals surface area (Å²) < 4.78 is 13.7. The first-order valence-corrected chi connectivity index (χ1v) is 7.57. The third kappa shape index (κ3) is 3.94. The SMILES string of the molecule is CC(C(=O)Nc1cc(N)ccc1F)N(C)C1CCCCC1. The Morgan fingerprint density at radius 3 is 2.71 bits per heavy atom. The second-order valence-electron chi connectivity index (χ2n) is 5.86. The molecule has 116 valence electrons. The van der Waals surface area contributed by atoms with E-state index in [-0.39, 0.29) is 17.6 Å². The molecule has 1 saturated carbocycles. The number of rotatable bonds is 4. The van der Waals surface area contributed by atoms with Crippen molar-refractivity contribution in [3.8, 4) is 0 Å². The Kier molecular flexibility index (Phi) is 5.17. The zero-order chi connectivity index (χ0) is 15.4. The van der Waals surface area contributed by atoms with E-state index in [1.807, 2.05) is 14.0 Å². The maximum Gasteiger partial charge on any atom is 0.241 e. The maximum absolute atomic E-state index is 13.7. The van der Waals surface area contributed by atoms with Gasteiger partial charge < -0.3 is 11.1 Å². The summed E-state index contributed by atoms with van der Waals surface area (Å²) >= 11 is 0. The van der Waals surface area contributed by atoms with Gasteiger partial charge in [-0.15, -0.1) is 0 Å². The van der Waals surface area contributed by atoms with E-state index in [4.69, 9.17) is 5.73 Å². The number of anilines is 2. The van der Waals surface area contributed by atoms with Crippen LogP contribution in [-0.2, 0) is 4.79 Å². The molecule has 1 fully saturated rings. The van der Waals surface area contributed by atoms with Crippen LogP contribution < -0.4 is 11.1 Å². The van der Waals surface area contributed by atoms with E-state index >= 15 is 0 Å². The lowest BCUT2D eigenvalue weighted by atomic mass is 9.93. The minimum Gasteiger partial charge on any atom is -0.399 e. The molecule has 21 heavy (non-hydrogen) atoms. The molecule has 1 unspecified atom stereocenters. The molecule has 0 aromatic heterocycles. The van der Waals surface area contributed by atoms with Crippen molar-refractivity contribution in [2.24, 2.45) is 0 Å². The van der Waals surface area contributed by atoms with Gasteiger partial charge in [-0.05, 0) is 45.0 Å². The van der Waals surface area contributed by atoms with Crippen LogP contribution in [0, 0.1) is 5.82 Å². The van der Waals surface area contributed by atoms with E-state index in [0.717, 1.165) is 12.8 Å². The highest BCUT2D eigenvalue weighted by Crippen LogP contribution is 2.24. The Bertz CT molecular complexity index is 500. The number of hydrogen-bond donors (Lipinski definition) is 2. The van der Waals surface area contributed by atoms with Crippen molar-refractivity contribution < 1.29 is 9.18 Å². The van der Waals surface area contributed by atoms with Crippen molar-refractivity contribution in [2.75, 3.05) is 18.1 Å². The zero-order valence-electron chi connectivity index (χ0n) is 12.7. The highest BCUT2D eigenvalue weighted by atomic mass is 19.1. The molecule has 4 nitrogen and oxygen atoms in total. The number of benzene rings is 1. The number of carbonyl (C=O) groups excluding carboxylic acids is 1. The summed E-state index contributed by atoms with van der Waals surface area (Å²) in [7, 11) is 1.97. The van der Waals surface area contributed by atoms with Crippen LogP contribution in [-0.4, -0.2) is 29.9 Å². The molecule has 1 aliphatic rings. The topological polar surface area (TPSA) is 58.4 Å². The van der Waals surface area contributed by atoms with Crippen molar-refractivity contribution in [1.82, 2.24) is 4.90 Å². The molecule has 1 aromatic carbocycles. The second-order valence-corrected chi connectivity index (χ2v) is 5.86. The lowest BCUT2D eigenvalue weighted by molar-refractivity contribution is -0.121. The van der Waals surface area contributed by atoms with E-state index in [2.05, 4.69) is 10.2 Å². The molecule has 0 bridgehead atoms. The van der Waals surface area contributed by atoms with E-state index < -0.39 is 5.82 Å². The Labute approximate surface area is 125 Å². The summed E-state index contributed by atoms with van der Waals surface area (Å²) in [6.07, 6.45) is 5.96. The molecule has 0 radical (unpaired) electrons. The van der Waals surface area contributed by atoms with Gasteiger partial charge >= 0.3 is 0 Å². The fraction of sp³-hybridized carbons (Fsp3) is 0.562. The van der Waals surface area contributed by atoms with Gasteiger partial charge in [-0.2, -0.15) is 0 Å². The minimum atomic E-state index is -0.468. The van der Waals surface area contributed by atoms with Gasteiger partial charge in [-0.25, -0.2) is 4.39 Å². The Hall–Kier alpha value is -1.62. The van der Waals surface area contributed by atoms with Crippen LogP contribution in [0.5, 0.6) is 0 Å². The Morgan fingerprint density at radius 2 is 2.05 bits per heavy atom. The van der Waals surface area contributed by atoms with Gasteiger partial charge in [0.05, 0.1) is 11.7 Å². The third-order valence-corrected chi connectivity index (χ3v) is 4.39.